The summed E-state index contributed by atoms with van der Waals surface area (Å²) < 4.78 is 0. The van der Waals surface area contributed by atoms with E-state index in [1.54, 1.807) is 12.1 Å². The fourth-order valence-electron chi connectivity index (χ4n) is 2.56. The zero-order chi connectivity index (χ0) is 13.8. The SMILES string of the molecule is CC1CCC(NCc2ccc(C(N)=O)cc2Cl)CC1. The number of carbonyl (C=O) groups is 1. The third-order valence-electron chi connectivity index (χ3n) is 3.93. The van der Waals surface area contributed by atoms with E-state index < -0.39 is 5.91 Å². The monoisotopic (exact) mass is 280 g/mol. The quantitative estimate of drug-likeness (QED) is 0.890. The van der Waals surface area contributed by atoms with Gasteiger partial charge in [-0.25, -0.2) is 0 Å². The number of rotatable bonds is 4. The van der Waals surface area contributed by atoms with E-state index in [4.69, 9.17) is 17.3 Å². The van der Waals surface area contributed by atoms with E-state index in [0.717, 1.165) is 18.0 Å². The van der Waals surface area contributed by atoms with Crippen LogP contribution < -0.4 is 11.1 Å². The van der Waals surface area contributed by atoms with Gasteiger partial charge in [0.15, 0.2) is 0 Å². The highest BCUT2D eigenvalue weighted by atomic mass is 35.5. The van der Waals surface area contributed by atoms with E-state index >= 15 is 0 Å². The smallest absolute Gasteiger partial charge is 0.248 e. The summed E-state index contributed by atoms with van der Waals surface area (Å²) in [7, 11) is 0. The van der Waals surface area contributed by atoms with Gasteiger partial charge in [0.25, 0.3) is 0 Å². The molecule has 0 bridgehead atoms. The molecule has 0 unspecified atom stereocenters. The van der Waals surface area contributed by atoms with E-state index in [2.05, 4.69) is 12.2 Å². The molecule has 1 aromatic rings. The van der Waals surface area contributed by atoms with Gasteiger partial charge >= 0.3 is 0 Å². The third-order valence-corrected chi connectivity index (χ3v) is 4.29. The van der Waals surface area contributed by atoms with Crippen molar-refractivity contribution in [1.29, 1.82) is 0 Å². The summed E-state index contributed by atoms with van der Waals surface area (Å²) in [5, 5.41) is 4.15. The Morgan fingerprint density at radius 2 is 2.05 bits per heavy atom. The molecule has 1 fully saturated rings. The van der Waals surface area contributed by atoms with Crippen molar-refractivity contribution in [3.8, 4) is 0 Å². The second-order valence-corrected chi connectivity index (χ2v) is 5.92. The van der Waals surface area contributed by atoms with Gasteiger partial charge in [-0.3, -0.25) is 4.79 Å². The molecule has 0 radical (unpaired) electrons. The maximum Gasteiger partial charge on any atom is 0.248 e. The molecular formula is C15H21ClN2O. The molecule has 19 heavy (non-hydrogen) atoms. The van der Waals surface area contributed by atoms with Crippen LogP contribution in [-0.2, 0) is 6.54 Å². The second kappa shape index (κ2) is 6.40. The Hall–Kier alpha value is -1.06. The van der Waals surface area contributed by atoms with E-state index in [1.807, 2.05) is 6.07 Å². The Morgan fingerprint density at radius 3 is 2.63 bits per heavy atom. The van der Waals surface area contributed by atoms with Gasteiger partial charge in [0.1, 0.15) is 0 Å². The standard InChI is InChI=1S/C15H21ClN2O/c1-10-2-6-13(7-3-10)18-9-12-5-4-11(15(17)19)8-14(12)16/h4-5,8,10,13,18H,2-3,6-7,9H2,1H3,(H2,17,19). The Labute approximate surface area is 119 Å². The molecule has 0 atom stereocenters. The van der Waals surface area contributed by atoms with E-state index in [-0.39, 0.29) is 0 Å². The summed E-state index contributed by atoms with van der Waals surface area (Å²) in [4.78, 5) is 11.0. The lowest BCUT2D eigenvalue weighted by molar-refractivity contribution is 0.100. The molecule has 104 valence electrons. The number of benzene rings is 1. The molecule has 0 heterocycles. The maximum absolute atomic E-state index is 11.0. The van der Waals surface area contributed by atoms with Gasteiger partial charge in [0, 0.05) is 23.2 Å². The summed E-state index contributed by atoms with van der Waals surface area (Å²) in [6, 6.07) is 5.84. The highest BCUT2D eigenvalue weighted by Crippen LogP contribution is 2.24. The normalized spacial score (nSPS) is 23.3. The van der Waals surface area contributed by atoms with Gasteiger partial charge in [0.2, 0.25) is 5.91 Å². The first kappa shape index (κ1) is 14.4. The number of hydrogen-bond acceptors (Lipinski definition) is 2. The number of carbonyl (C=O) groups excluding carboxylic acids is 1. The fourth-order valence-corrected chi connectivity index (χ4v) is 2.81. The minimum atomic E-state index is -0.442. The van der Waals surface area contributed by atoms with Crippen molar-refractivity contribution in [3.63, 3.8) is 0 Å². The molecule has 3 N–H and O–H groups in total. The minimum absolute atomic E-state index is 0.442. The molecule has 0 saturated heterocycles. The lowest BCUT2D eigenvalue weighted by Crippen LogP contribution is -2.32. The van der Waals surface area contributed by atoms with Crippen LogP contribution in [0, 0.1) is 5.92 Å². The van der Waals surface area contributed by atoms with Crippen LogP contribution in [0.3, 0.4) is 0 Å². The van der Waals surface area contributed by atoms with Crippen LogP contribution in [-0.4, -0.2) is 11.9 Å². The molecule has 2 rings (SSSR count). The van der Waals surface area contributed by atoms with Gasteiger partial charge in [-0.15, -0.1) is 0 Å². The first-order valence-corrected chi connectivity index (χ1v) is 7.25. The van der Waals surface area contributed by atoms with Crippen molar-refractivity contribution in [3.05, 3.63) is 34.3 Å². The van der Waals surface area contributed by atoms with Gasteiger partial charge in [-0.05, 0) is 49.3 Å². The van der Waals surface area contributed by atoms with Crippen LogP contribution >= 0.6 is 11.6 Å². The van der Waals surface area contributed by atoms with Crippen LogP contribution in [0.25, 0.3) is 0 Å². The van der Waals surface area contributed by atoms with Crippen molar-refractivity contribution in [2.24, 2.45) is 11.7 Å². The Bertz CT molecular complexity index is 453. The lowest BCUT2D eigenvalue weighted by atomic mass is 9.87. The van der Waals surface area contributed by atoms with E-state index in [0.29, 0.717) is 16.6 Å². The predicted octanol–water partition coefficient (Wildman–Crippen LogP) is 3.11. The Kier molecular flexibility index (Phi) is 4.83. The molecule has 1 saturated carbocycles. The summed E-state index contributed by atoms with van der Waals surface area (Å²) in [6.07, 6.45) is 5.06. The first-order valence-electron chi connectivity index (χ1n) is 6.88. The van der Waals surface area contributed by atoms with E-state index in [1.165, 1.54) is 25.7 Å². The molecule has 4 heteroatoms. The fraction of sp³-hybridized carbons (Fsp3) is 0.533. The zero-order valence-corrected chi connectivity index (χ0v) is 12.0. The van der Waals surface area contributed by atoms with Gasteiger partial charge in [-0.2, -0.15) is 0 Å². The topological polar surface area (TPSA) is 55.1 Å². The number of primary amides is 1. The van der Waals surface area contributed by atoms with Crippen LogP contribution in [0.5, 0.6) is 0 Å². The van der Waals surface area contributed by atoms with Gasteiger partial charge in [-0.1, -0.05) is 24.6 Å². The van der Waals surface area contributed by atoms with Crippen LogP contribution in [0.1, 0.15) is 48.5 Å². The lowest BCUT2D eigenvalue weighted by Gasteiger charge is -2.27. The molecule has 0 spiro atoms. The second-order valence-electron chi connectivity index (χ2n) is 5.51. The molecule has 0 aromatic heterocycles. The molecule has 0 aliphatic heterocycles. The molecule has 3 nitrogen and oxygen atoms in total. The predicted molar refractivity (Wildman–Crippen MR) is 78.2 cm³/mol. The van der Waals surface area contributed by atoms with Crippen LogP contribution in [0.2, 0.25) is 5.02 Å². The highest BCUT2D eigenvalue weighted by Gasteiger charge is 2.17. The summed E-state index contributed by atoms with van der Waals surface area (Å²) in [6.45, 7) is 3.06. The Morgan fingerprint density at radius 1 is 1.37 bits per heavy atom. The number of nitrogens with two attached hydrogens (primary N) is 1. The molecule has 1 aliphatic carbocycles. The third kappa shape index (κ3) is 3.95. The number of amides is 1. The van der Waals surface area contributed by atoms with Crippen molar-refractivity contribution in [1.82, 2.24) is 5.32 Å². The van der Waals surface area contributed by atoms with Crippen molar-refractivity contribution in [2.45, 2.75) is 45.2 Å². The number of halogens is 1. The molecule has 1 aliphatic rings. The molecule has 1 aromatic carbocycles. The first-order chi connectivity index (χ1) is 9.06. The maximum atomic E-state index is 11.0. The van der Waals surface area contributed by atoms with Crippen molar-refractivity contribution < 1.29 is 4.79 Å². The number of hydrogen-bond donors (Lipinski definition) is 2. The molecular weight excluding hydrogens is 260 g/mol. The number of nitrogens with one attached hydrogen (secondary N) is 1. The molecule has 1 amide bonds. The average molecular weight is 281 g/mol. The summed E-state index contributed by atoms with van der Waals surface area (Å²) in [5.74, 6) is 0.416. The summed E-state index contributed by atoms with van der Waals surface area (Å²) in [5.41, 5.74) is 6.70. The van der Waals surface area contributed by atoms with Gasteiger partial charge < -0.3 is 11.1 Å². The van der Waals surface area contributed by atoms with Crippen LogP contribution in [0.4, 0.5) is 0 Å². The van der Waals surface area contributed by atoms with Crippen molar-refractivity contribution >= 4 is 17.5 Å². The largest absolute Gasteiger partial charge is 0.366 e. The van der Waals surface area contributed by atoms with Crippen molar-refractivity contribution in [2.75, 3.05) is 0 Å². The highest BCUT2D eigenvalue weighted by molar-refractivity contribution is 6.31. The Balaban J connectivity index is 1.91. The van der Waals surface area contributed by atoms with E-state index in [9.17, 15) is 4.79 Å². The summed E-state index contributed by atoms with van der Waals surface area (Å²) >= 11 is 6.17. The van der Waals surface area contributed by atoms with Crippen LogP contribution in [0.15, 0.2) is 18.2 Å². The average Bonchev–Trinajstić information content (AvgIpc) is 2.39. The minimum Gasteiger partial charge on any atom is -0.366 e. The zero-order valence-electron chi connectivity index (χ0n) is 11.3. The van der Waals surface area contributed by atoms with Gasteiger partial charge in [0.05, 0.1) is 0 Å².